The molecule has 0 amide bonds. The van der Waals surface area contributed by atoms with Gasteiger partial charge in [0.25, 0.3) is 0 Å². The van der Waals surface area contributed by atoms with Gasteiger partial charge in [-0.3, -0.25) is 0 Å². The maximum Gasteiger partial charge on any atom is 0.228 e. The normalized spacial score (nSPS) is 16.1. The molecule has 1 heterocycles. The van der Waals surface area contributed by atoms with Crippen molar-refractivity contribution in [2.75, 3.05) is 6.61 Å². The van der Waals surface area contributed by atoms with Crippen molar-refractivity contribution in [3.63, 3.8) is 0 Å². The zero-order valence-electron chi connectivity index (χ0n) is 8.38. The first-order valence-electron chi connectivity index (χ1n) is 5.19. The van der Waals surface area contributed by atoms with Crippen molar-refractivity contribution in [2.45, 2.75) is 25.7 Å². The summed E-state index contributed by atoms with van der Waals surface area (Å²) >= 11 is 9.16. The molecular weight excluding hydrogens is 277 g/mol. The number of hydrogen-bond donors (Lipinski definition) is 0. The van der Waals surface area contributed by atoms with Crippen LogP contribution >= 0.6 is 27.5 Å². The van der Waals surface area contributed by atoms with Gasteiger partial charge in [0.05, 0.1) is 16.1 Å². The van der Waals surface area contributed by atoms with Crippen LogP contribution in [0.4, 0.5) is 0 Å². The quantitative estimate of drug-likeness (QED) is 0.834. The van der Waals surface area contributed by atoms with Gasteiger partial charge in [0.15, 0.2) is 0 Å². The molecule has 2 nitrogen and oxygen atoms in total. The lowest BCUT2D eigenvalue weighted by molar-refractivity contribution is 0.216. The van der Waals surface area contributed by atoms with E-state index in [4.69, 9.17) is 16.3 Å². The topological polar surface area (TPSA) is 22.1 Å². The molecule has 0 radical (unpaired) electrons. The Morgan fingerprint density at radius 1 is 1.53 bits per heavy atom. The Bertz CT molecular complexity index is 341. The molecule has 1 fully saturated rings. The zero-order valence-corrected chi connectivity index (χ0v) is 10.7. The SMILES string of the molecule is Clc1cnc(OCCC2CCC2)c(Br)c1. The molecule has 0 aromatic carbocycles. The van der Waals surface area contributed by atoms with E-state index in [9.17, 15) is 0 Å². The molecule has 0 aliphatic heterocycles. The third-order valence-corrected chi connectivity index (χ3v) is 3.54. The molecule has 0 unspecified atom stereocenters. The summed E-state index contributed by atoms with van der Waals surface area (Å²) in [5.41, 5.74) is 0. The second-order valence-corrected chi connectivity index (χ2v) is 5.17. The van der Waals surface area contributed by atoms with Crippen LogP contribution in [0.5, 0.6) is 5.88 Å². The van der Waals surface area contributed by atoms with E-state index in [0.717, 1.165) is 23.4 Å². The minimum atomic E-state index is 0.619. The van der Waals surface area contributed by atoms with Crippen molar-refractivity contribution >= 4 is 27.5 Å². The average molecular weight is 291 g/mol. The van der Waals surface area contributed by atoms with Crippen LogP contribution < -0.4 is 4.74 Å². The molecule has 0 saturated heterocycles. The highest BCUT2D eigenvalue weighted by Crippen LogP contribution is 2.30. The maximum atomic E-state index is 5.78. The lowest BCUT2D eigenvalue weighted by Crippen LogP contribution is -2.14. The Hall–Kier alpha value is -0.280. The highest BCUT2D eigenvalue weighted by atomic mass is 79.9. The van der Waals surface area contributed by atoms with Crippen molar-refractivity contribution < 1.29 is 4.74 Å². The fourth-order valence-electron chi connectivity index (χ4n) is 1.61. The van der Waals surface area contributed by atoms with E-state index in [-0.39, 0.29) is 0 Å². The molecule has 0 spiro atoms. The number of nitrogens with zero attached hydrogens (tertiary/aromatic N) is 1. The van der Waals surface area contributed by atoms with Gasteiger partial charge in [0, 0.05) is 6.20 Å². The van der Waals surface area contributed by atoms with Crippen molar-refractivity contribution in [3.8, 4) is 5.88 Å². The summed E-state index contributed by atoms with van der Waals surface area (Å²) in [6.07, 6.45) is 6.84. The number of aromatic nitrogens is 1. The van der Waals surface area contributed by atoms with Crippen LogP contribution in [-0.4, -0.2) is 11.6 Å². The smallest absolute Gasteiger partial charge is 0.228 e. The summed E-state index contributed by atoms with van der Waals surface area (Å²) in [4.78, 5) is 4.12. The van der Waals surface area contributed by atoms with Gasteiger partial charge < -0.3 is 4.74 Å². The molecule has 4 heteroatoms. The Labute approximate surface area is 103 Å². The van der Waals surface area contributed by atoms with Crippen LogP contribution in [0.3, 0.4) is 0 Å². The molecular formula is C11H13BrClNO. The molecule has 1 aromatic rings. The molecule has 1 aromatic heterocycles. The van der Waals surface area contributed by atoms with E-state index in [2.05, 4.69) is 20.9 Å². The third kappa shape index (κ3) is 3.08. The van der Waals surface area contributed by atoms with Crippen LogP contribution in [-0.2, 0) is 0 Å². The fraction of sp³-hybridized carbons (Fsp3) is 0.545. The van der Waals surface area contributed by atoms with Crippen LogP contribution in [0.15, 0.2) is 16.7 Å². The molecule has 2 rings (SSSR count). The summed E-state index contributed by atoms with van der Waals surface area (Å²) in [5.74, 6) is 1.51. The maximum absolute atomic E-state index is 5.78. The highest BCUT2D eigenvalue weighted by molar-refractivity contribution is 9.10. The lowest BCUT2D eigenvalue weighted by atomic mass is 9.83. The number of halogens is 2. The van der Waals surface area contributed by atoms with Gasteiger partial charge >= 0.3 is 0 Å². The van der Waals surface area contributed by atoms with Crippen LogP contribution in [0.25, 0.3) is 0 Å². The Morgan fingerprint density at radius 2 is 2.33 bits per heavy atom. The molecule has 1 saturated carbocycles. The zero-order chi connectivity index (χ0) is 10.7. The number of pyridine rings is 1. The van der Waals surface area contributed by atoms with Crippen molar-refractivity contribution in [3.05, 3.63) is 21.8 Å². The minimum absolute atomic E-state index is 0.619. The van der Waals surface area contributed by atoms with Gasteiger partial charge in [-0.05, 0) is 34.3 Å². The molecule has 82 valence electrons. The van der Waals surface area contributed by atoms with E-state index in [0.29, 0.717) is 10.9 Å². The monoisotopic (exact) mass is 289 g/mol. The van der Waals surface area contributed by atoms with Gasteiger partial charge in [-0.25, -0.2) is 4.98 Å². The van der Waals surface area contributed by atoms with Gasteiger partial charge in [-0.1, -0.05) is 30.9 Å². The first-order chi connectivity index (χ1) is 7.25. The summed E-state index contributed by atoms with van der Waals surface area (Å²) < 4.78 is 6.40. The Kier molecular flexibility index (Phi) is 3.87. The number of hydrogen-bond acceptors (Lipinski definition) is 2. The second-order valence-electron chi connectivity index (χ2n) is 3.87. The molecule has 0 N–H and O–H groups in total. The largest absolute Gasteiger partial charge is 0.477 e. The summed E-state index contributed by atoms with van der Waals surface area (Å²) in [6, 6.07) is 1.80. The summed E-state index contributed by atoms with van der Waals surface area (Å²) in [5, 5.41) is 0.619. The van der Waals surface area contributed by atoms with E-state index < -0.39 is 0 Å². The minimum Gasteiger partial charge on any atom is -0.477 e. The molecule has 15 heavy (non-hydrogen) atoms. The van der Waals surface area contributed by atoms with E-state index in [1.807, 2.05) is 0 Å². The summed E-state index contributed by atoms with van der Waals surface area (Å²) in [6.45, 7) is 0.748. The molecule has 1 aliphatic rings. The van der Waals surface area contributed by atoms with Crippen molar-refractivity contribution in [1.82, 2.24) is 4.98 Å². The van der Waals surface area contributed by atoms with Gasteiger partial charge in [-0.2, -0.15) is 0 Å². The first kappa shape index (κ1) is 11.2. The van der Waals surface area contributed by atoms with Crippen LogP contribution in [0.2, 0.25) is 5.02 Å². The Balaban J connectivity index is 1.81. The first-order valence-corrected chi connectivity index (χ1v) is 6.36. The highest BCUT2D eigenvalue weighted by Gasteiger charge is 2.17. The van der Waals surface area contributed by atoms with E-state index in [1.54, 1.807) is 12.3 Å². The van der Waals surface area contributed by atoms with Gasteiger partial charge in [0.2, 0.25) is 5.88 Å². The van der Waals surface area contributed by atoms with E-state index in [1.165, 1.54) is 19.3 Å². The lowest BCUT2D eigenvalue weighted by Gasteiger charge is -2.24. The van der Waals surface area contributed by atoms with E-state index >= 15 is 0 Å². The fourth-order valence-corrected chi connectivity index (χ4v) is 2.37. The van der Waals surface area contributed by atoms with Crippen LogP contribution in [0, 0.1) is 5.92 Å². The number of ether oxygens (including phenoxy) is 1. The van der Waals surface area contributed by atoms with Crippen molar-refractivity contribution in [2.24, 2.45) is 5.92 Å². The van der Waals surface area contributed by atoms with Gasteiger partial charge in [0.1, 0.15) is 0 Å². The molecule has 0 bridgehead atoms. The van der Waals surface area contributed by atoms with Gasteiger partial charge in [-0.15, -0.1) is 0 Å². The second kappa shape index (κ2) is 5.17. The Morgan fingerprint density at radius 3 is 2.93 bits per heavy atom. The standard InChI is InChI=1S/C11H13BrClNO/c12-10-6-9(13)7-14-11(10)15-5-4-8-2-1-3-8/h6-8H,1-5H2. The summed E-state index contributed by atoms with van der Waals surface area (Å²) in [7, 11) is 0. The predicted molar refractivity (Wildman–Crippen MR) is 64.4 cm³/mol. The average Bonchev–Trinajstić information content (AvgIpc) is 2.12. The molecule has 1 aliphatic carbocycles. The number of rotatable bonds is 4. The predicted octanol–water partition coefficient (Wildman–Crippen LogP) is 4.07. The third-order valence-electron chi connectivity index (χ3n) is 2.76. The molecule has 0 atom stereocenters. The van der Waals surface area contributed by atoms with Crippen LogP contribution in [0.1, 0.15) is 25.7 Å². The van der Waals surface area contributed by atoms with Crippen molar-refractivity contribution in [1.29, 1.82) is 0 Å².